The van der Waals surface area contributed by atoms with Crippen molar-refractivity contribution in [1.82, 2.24) is 9.66 Å². The lowest BCUT2D eigenvalue weighted by Crippen LogP contribution is -2.22. The van der Waals surface area contributed by atoms with Crippen LogP contribution in [0.3, 0.4) is 0 Å². The average molecular weight is 659 g/mol. The molecule has 35 heavy (non-hydrogen) atoms. The van der Waals surface area contributed by atoms with E-state index >= 15 is 0 Å². The number of halogens is 3. The van der Waals surface area contributed by atoms with Crippen molar-refractivity contribution in [3.05, 3.63) is 101 Å². The van der Waals surface area contributed by atoms with E-state index in [4.69, 9.17) is 4.74 Å². The number of hydrogen-bond acceptors (Lipinski definition) is 5. The Hall–Kier alpha value is -2.80. The second-order valence-corrected chi connectivity index (χ2v) is 10.3. The van der Waals surface area contributed by atoms with Gasteiger partial charge in [0.15, 0.2) is 0 Å². The van der Waals surface area contributed by atoms with Gasteiger partial charge in [0, 0.05) is 16.5 Å². The van der Waals surface area contributed by atoms with Crippen molar-refractivity contribution in [2.45, 2.75) is 26.4 Å². The Labute approximate surface area is 227 Å². The summed E-state index contributed by atoms with van der Waals surface area (Å²) < 4.78 is 9.58. The number of fused-ring (bicyclic) bond motifs is 1. The van der Waals surface area contributed by atoms with Gasteiger partial charge in [-0.05, 0) is 80.2 Å². The van der Waals surface area contributed by atoms with Gasteiger partial charge in [-0.1, -0.05) is 41.1 Å². The van der Waals surface area contributed by atoms with Crippen molar-refractivity contribution in [1.29, 1.82) is 5.26 Å². The topological polar surface area (TPSA) is 80.3 Å². The van der Waals surface area contributed by atoms with E-state index in [1.807, 2.05) is 49.4 Å². The minimum Gasteiger partial charge on any atom is -0.486 e. The molecule has 0 radical (unpaired) electrons. The summed E-state index contributed by atoms with van der Waals surface area (Å²) in [6.07, 6.45) is 3.08. The monoisotopic (exact) mass is 656 g/mol. The predicted octanol–water partition coefficient (Wildman–Crippen LogP) is 6.97. The van der Waals surface area contributed by atoms with Crippen LogP contribution in [0.25, 0.3) is 10.9 Å². The lowest BCUT2D eigenvalue weighted by Gasteiger charge is -2.12. The zero-order valence-electron chi connectivity index (χ0n) is 18.6. The van der Waals surface area contributed by atoms with Crippen molar-refractivity contribution >= 4 is 64.9 Å². The van der Waals surface area contributed by atoms with Crippen molar-refractivity contribution in [3.63, 3.8) is 0 Å². The average Bonchev–Trinajstić information content (AvgIpc) is 2.84. The minimum atomic E-state index is -0.217. The third-order valence-corrected chi connectivity index (χ3v) is 6.87. The van der Waals surface area contributed by atoms with E-state index in [2.05, 4.69) is 63.9 Å². The Morgan fingerprint density at radius 3 is 2.57 bits per heavy atom. The van der Waals surface area contributed by atoms with E-state index in [-0.39, 0.29) is 12.2 Å². The maximum absolute atomic E-state index is 13.2. The molecule has 0 bridgehead atoms. The molecular formula is C26H19Br3N4O2. The first-order chi connectivity index (χ1) is 16.9. The van der Waals surface area contributed by atoms with Crippen LogP contribution in [-0.4, -0.2) is 15.9 Å². The molecule has 1 heterocycles. The number of nitriles is 1. The molecule has 0 aliphatic rings. The summed E-state index contributed by atoms with van der Waals surface area (Å²) in [7, 11) is 0. The Morgan fingerprint density at radius 2 is 1.86 bits per heavy atom. The van der Waals surface area contributed by atoms with Gasteiger partial charge in [0.05, 0.1) is 37.7 Å². The first-order valence-electron chi connectivity index (χ1n) is 10.8. The highest BCUT2D eigenvalue weighted by Crippen LogP contribution is 2.35. The summed E-state index contributed by atoms with van der Waals surface area (Å²) in [4.78, 5) is 17.8. The van der Waals surface area contributed by atoms with Crippen molar-refractivity contribution in [3.8, 4) is 11.8 Å². The number of hydrogen-bond donors (Lipinski definition) is 0. The molecule has 0 aliphatic carbocycles. The zero-order chi connectivity index (χ0) is 24.9. The highest BCUT2D eigenvalue weighted by atomic mass is 79.9. The fourth-order valence-electron chi connectivity index (χ4n) is 3.52. The van der Waals surface area contributed by atoms with Crippen LogP contribution in [0.4, 0.5) is 0 Å². The van der Waals surface area contributed by atoms with E-state index in [1.54, 1.807) is 18.3 Å². The Kier molecular flexibility index (Phi) is 8.16. The van der Waals surface area contributed by atoms with E-state index in [0.717, 1.165) is 22.0 Å². The van der Waals surface area contributed by atoms with Gasteiger partial charge < -0.3 is 4.74 Å². The van der Waals surface area contributed by atoms with Crippen molar-refractivity contribution < 1.29 is 4.74 Å². The minimum absolute atomic E-state index is 0.217. The number of rotatable bonds is 7. The molecule has 0 saturated carbocycles. The summed E-state index contributed by atoms with van der Waals surface area (Å²) in [6, 6.07) is 18.7. The van der Waals surface area contributed by atoms with Gasteiger partial charge in [0.1, 0.15) is 18.2 Å². The van der Waals surface area contributed by atoms with E-state index in [0.29, 0.717) is 43.4 Å². The number of aromatic nitrogens is 2. The molecule has 0 unspecified atom stereocenters. The Morgan fingerprint density at radius 1 is 1.11 bits per heavy atom. The molecule has 0 atom stereocenters. The second-order valence-electron chi connectivity index (χ2n) is 7.67. The highest BCUT2D eigenvalue weighted by Gasteiger charge is 2.12. The number of nitrogens with zero attached hydrogens (tertiary/aromatic N) is 4. The SMILES string of the molecule is CCCc1nc2ccc(Br)cc2c(=O)n1N=Cc1cc(Br)c(OCc2ccccc2C#N)c(Br)c1. The third-order valence-electron chi connectivity index (χ3n) is 5.20. The van der Waals surface area contributed by atoms with Crippen LogP contribution in [0.1, 0.15) is 35.9 Å². The number of benzene rings is 3. The maximum Gasteiger partial charge on any atom is 0.282 e. The summed E-state index contributed by atoms with van der Waals surface area (Å²) in [5, 5.41) is 14.3. The normalized spacial score (nSPS) is 11.2. The van der Waals surface area contributed by atoms with E-state index < -0.39 is 0 Å². The van der Waals surface area contributed by atoms with Gasteiger partial charge in [-0.3, -0.25) is 4.79 Å². The molecule has 176 valence electrons. The molecule has 0 saturated heterocycles. The molecule has 4 rings (SSSR count). The Balaban J connectivity index is 1.65. The molecule has 4 aromatic rings. The van der Waals surface area contributed by atoms with Gasteiger partial charge in [0.2, 0.25) is 0 Å². The third kappa shape index (κ3) is 5.72. The molecule has 0 fully saturated rings. The summed E-state index contributed by atoms with van der Waals surface area (Å²) in [5.74, 6) is 1.22. The molecule has 6 nitrogen and oxygen atoms in total. The maximum atomic E-state index is 13.2. The van der Waals surface area contributed by atoms with Crippen LogP contribution in [0.2, 0.25) is 0 Å². The second kappa shape index (κ2) is 11.3. The van der Waals surface area contributed by atoms with Crippen molar-refractivity contribution in [2.75, 3.05) is 0 Å². The van der Waals surface area contributed by atoms with Gasteiger partial charge in [-0.25, -0.2) is 4.98 Å². The fraction of sp³-hybridized carbons (Fsp3) is 0.154. The van der Waals surface area contributed by atoms with E-state index in [9.17, 15) is 10.1 Å². The van der Waals surface area contributed by atoms with Gasteiger partial charge in [-0.2, -0.15) is 15.0 Å². The molecule has 0 aliphatic heterocycles. The van der Waals surface area contributed by atoms with Crippen LogP contribution in [0.5, 0.6) is 5.75 Å². The molecule has 9 heteroatoms. The molecule has 3 aromatic carbocycles. The lowest BCUT2D eigenvalue weighted by molar-refractivity contribution is 0.302. The fourth-order valence-corrected chi connectivity index (χ4v) is 5.33. The predicted molar refractivity (Wildman–Crippen MR) is 148 cm³/mol. The standard InChI is InChI=1S/C26H19Br3N4O2/c1-2-5-24-32-23-9-8-19(27)12-20(23)26(34)33(24)31-14-16-10-21(28)25(22(29)11-16)35-15-18-7-4-3-6-17(18)13-30/h3-4,6-12,14H,2,5,15H2,1H3. The summed E-state index contributed by atoms with van der Waals surface area (Å²) in [5.41, 5.74) is 2.58. The molecule has 0 amide bonds. The first kappa shape index (κ1) is 25.3. The van der Waals surface area contributed by atoms with E-state index in [1.165, 1.54) is 4.68 Å². The van der Waals surface area contributed by atoms with Crippen LogP contribution < -0.4 is 10.3 Å². The molecule has 1 aromatic heterocycles. The largest absolute Gasteiger partial charge is 0.486 e. The molecular weight excluding hydrogens is 640 g/mol. The van der Waals surface area contributed by atoms with Crippen LogP contribution in [0.15, 0.2) is 77.9 Å². The number of aryl methyl sites for hydroxylation is 1. The lowest BCUT2D eigenvalue weighted by atomic mass is 10.1. The van der Waals surface area contributed by atoms with Gasteiger partial charge in [0.25, 0.3) is 5.56 Å². The van der Waals surface area contributed by atoms with Gasteiger partial charge >= 0.3 is 0 Å². The quantitative estimate of drug-likeness (QED) is 0.201. The molecule has 0 spiro atoms. The van der Waals surface area contributed by atoms with Crippen LogP contribution in [0, 0.1) is 11.3 Å². The Bertz CT molecular complexity index is 1520. The van der Waals surface area contributed by atoms with Crippen molar-refractivity contribution in [2.24, 2.45) is 5.10 Å². The zero-order valence-corrected chi connectivity index (χ0v) is 23.4. The van der Waals surface area contributed by atoms with Crippen LogP contribution >= 0.6 is 47.8 Å². The summed E-state index contributed by atoms with van der Waals surface area (Å²) >= 11 is 10.5. The van der Waals surface area contributed by atoms with Gasteiger partial charge in [-0.15, -0.1) is 0 Å². The molecule has 0 N–H and O–H groups in total. The number of ether oxygens (including phenoxy) is 1. The highest BCUT2D eigenvalue weighted by molar-refractivity contribution is 9.11. The summed E-state index contributed by atoms with van der Waals surface area (Å²) in [6.45, 7) is 2.29. The van der Waals surface area contributed by atoms with Crippen LogP contribution in [-0.2, 0) is 13.0 Å². The smallest absolute Gasteiger partial charge is 0.282 e. The first-order valence-corrected chi connectivity index (χ1v) is 13.1.